The van der Waals surface area contributed by atoms with E-state index in [4.69, 9.17) is 0 Å². The molecular formula is C9H13NO2S. The molecule has 0 aliphatic rings. The maximum atomic E-state index is 11.1. The summed E-state index contributed by atoms with van der Waals surface area (Å²) in [6.45, 7) is 3.79. The van der Waals surface area contributed by atoms with Crippen molar-refractivity contribution in [1.29, 1.82) is 0 Å². The molecule has 0 radical (unpaired) electrons. The average Bonchev–Trinajstić information content (AvgIpc) is 2.62. The van der Waals surface area contributed by atoms with E-state index in [0.29, 0.717) is 4.88 Å². The minimum Gasteiger partial charge on any atom is -0.465 e. The number of rotatable bonds is 4. The third kappa shape index (κ3) is 2.82. The Morgan fingerprint density at radius 3 is 3.08 bits per heavy atom. The number of hydrogen-bond acceptors (Lipinski definition) is 4. The molecule has 0 aromatic carbocycles. The van der Waals surface area contributed by atoms with Crippen molar-refractivity contribution in [2.75, 3.05) is 13.7 Å². The fraction of sp³-hybridized carbons (Fsp3) is 0.444. The lowest BCUT2D eigenvalue weighted by Crippen LogP contribution is -2.10. The van der Waals surface area contributed by atoms with E-state index in [1.54, 1.807) is 0 Å². The zero-order chi connectivity index (χ0) is 9.68. The number of nitrogens with one attached hydrogen (secondary N) is 1. The summed E-state index contributed by atoms with van der Waals surface area (Å²) < 4.78 is 4.61. The molecule has 0 fully saturated rings. The van der Waals surface area contributed by atoms with Crippen LogP contribution in [-0.2, 0) is 11.3 Å². The molecule has 1 rings (SSSR count). The topological polar surface area (TPSA) is 38.3 Å². The first-order valence-electron chi connectivity index (χ1n) is 4.14. The second-order valence-electron chi connectivity index (χ2n) is 2.59. The Hall–Kier alpha value is -0.870. The molecule has 1 heterocycles. The summed E-state index contributed by atoms with van der Waals surface area (Å²) in [6.07, 6.45) is 0. The molecule has 0 atom stereocenters. The molecule has 72 valence electrons. The van der Waals surface area contributed by atoms with Gasteiger partial charge in [0.25, 0.3) is 0 Å². The summed E-state index contributed by atoms with van der Waals surface area (Å²) in [7, 11) is 1.39. The Morgan fingerprint density at radius 2 is 2.46 bits per heavy atom. The molecule has 0 spiro atoms. The van der Waals surface area contributed by atoms with Crippen LogP contribution in [0.2, 0.25) is 0 Å². The first-order chi connectivity index (χ1) is 6.27. The maximum absolute atomic E-state index is 11.1. The Kier molecular flexibility index (Phi) is 3.92. The fourth-order valence-corrected chi connectivity index (χ4v) is 1.77. The van der Waals surface area contributed by atoms with Crippen LogP contribution in [0.5, 0.6) is 0 Å². The Bertz CT molecular complexity index is 283. The third-order valence-corrected chi connectivity index (χ3v) is 2.58. The van der Waals surface area contributed by atoms with E-state index in [1.165, 1.54) is 18.4 Å². The van der Waals surface area contributed by atoms with E-state index in [-0.39, 0.29) is 5.97 Å². The van der Waals surface area contributed by atoms with E-state index >= 15 is 0 Å². The van der Waals surface area contributed by atoms with Gasteiger partial charge in [-0.2, -0.15) is 0 Å². The van der Waals surface area contributed by atoms with Crippen molar-refractivity contribution < 1.29 is 9.53 Å². The molecule has 13 heavy (non-hydrogen) atoms. The van der Waals surface area contributed by atoms with Gasteiger partial charge in [0, 0.05) is 6.54 Å². The summed E-state index contributed by atoms with van der Waals surface area (Å²) in [5.41, 5.74) is 1.13. The van der Waals surface area contributed by atoms with Crippen LogP contribution in [0.4, 0.5) is 0 Å². The van der Waals surface area contributed by atoms with Crippen molar-refractivity contribution in [3.8, 4) is 0 Å². The van der Waals surface area contributed by atoms with Crippen LogP contribution in [0.25, 0.3) is 0 Å². The molecule has 1 N–H and O–H groups in total. The highest BCUT2D eigenvalue weighted by Crippen LogP contribution is 2.15. The predicted molar refractivity (Wildman–Crippen MR) is 53.0 cm³/mol. The van der Waals surface area contributed by atoms with E-state index in [2.05, 4.69) is 10.1 Å². The first-order valence-corrected chi connectivity index (χ1v) is 5.02. The number of thiophene rings is 1. The summed E-state index contributed by atoms with van der Waals surface area (Å²) in [4.78, 5) is 11.7. The van der Waals surface area contributed by atoms with Crippen LogP contribution in [-0.4, -0.2) is 19.6 Å². The monoisotopic (exact) mass is 199 g/mol. The number of carbonyl (C=O) groups is 1. The van der Waals surface area contributed by atoms with Gasteiger partial charge in [0.15, 0.2) is 0 Å². The van der Waals surface area contributed by atoms with Crippen LogP contribution in [0.15, 0.2) is 11.4 Å². The molecule has 0 unspecified atom stereocenters. The van der Waals surface area contributed by atoms with Gasteiger partial charge < -0.3 is 10.1 Å². The zero-order valence-corrected chi connectivity index (χ0v) is 8.61. The molecule has 0 saturated heterocycles. The van der Waals surface area contributed by atoms with Gasteiger partial charge in [-0.05, 0) is 23.6 Å². The predicted octanol–water partition coefficient (Wildman–Crippen LogP) is 1.64. The quantitative estimate of drug-likeness (QED) is 0.749. The van der Waals surface area contributed by atoms with Crippen LogP contribution in [0, 0.1) is 0 Å². The zero-order valence-electron chi connectivity index (χ0n) is 7.79. The summed E-state index contributed by atoms with van der Waals surface area (Å²) in [5.74, 6) is -0.257. The van der Waals surface area contributed by atoms with Gasteiger partial charge in [-0.25, -0.2) is 4.79 Å². The summed E-state index contributed by atoms with van der Waals surface area (Å²) >= 11 is 1.42. The van der Waals surface area contributed by atoms with Crippen molar-refractivity contribution in [1.82, 2.24) is 5.32 Å². The summed E-state index contributed by atoms with van der Waals surface area (Å²) in [6, 6.07) is 1.86. The van der Waals surface area contributed by atoms with Crippen molar-refractivity contribution in [2.24, 2.45) is 0 Å². The molecule has 0 saturated carbocycles. The molecule has 0 aliphatic carbocycles. The minimum absolute atomic E-state index is 0.257. The average molecular weight is 199 g/mol. The van der Waals surface area contributed by atoms with Gasteiger partial charge in [0.05, 0.1) is 7.11 Å². The van der Waals surface area contributed by atoms with Crippen molar-refractivity contribution >= 4 is 17.3 Å². The smallest absolute Gasteiger partial charge is 0.348 e. The molecule has 0 bridgehead atoms. The van der Waals surface area contributed by atoms with Crippen LogP contribution < -0.4 is 5.32 Å². The van der Waals surface area contributed by atoms with Gasteiger partial charge in [-0.15, -0.1) is 11.3 Å². The molecule has 3 nitrogen and oxygen atoms in total. The molecule has 0 amide bonds. The van der Waals surface area contributed by atoms with Gasteiger partial charge in [-0.3, -0.25) is 0 Å². The van der Waals surface area contributed by atoms with Crippen LogP contribution >= 0.6 is 11.3 Å². The fourth-order valence-electron chi connectivity index (χ4n) is 0.945. The van der Waals surface area contributed by atoms with Gasteiger partial charge in [-0.1, -0.05) is 6.92 Å². The Labute approximate surface area is 81.7 Å². The highest BCUT2D eigenvalue weighted by molar-refractivity contribution is 7.12. The number of methoxy groups -OCH3 is 1. The largest absolute Gasteiger partial charge is 0.465 e. The minimum atomic E-state index is -0.257. The Morgan fingerprint density at radius 1 is 1.69 bits per heavy atom. The van der Waals surface area contributed by atoms with E-state index < -0.39 is 0 Å². The van der Waals surface area contributed by atoms with E-state index in [9.17, 15) is 4.79 Å². The SMILES string of the molecule is CCNCc1csc(C(=O)OC)c1. The van der Waals surface area contributed by atoms with E-state index in [0.717, 1.165) is 18.7 Å². The summed E-state index contributed by atoms with van der Waals surface area (Å²) in [5, 5.41) is 5.16. The second-order valence-corrected chi connectivity index (χ2v) is 3.50. The molecule has 4 heteroatoms. The number of esters is 1. The third-order valence-electron chi connectivity index (χ3n) is 1.62. The lowest BCUT2D eigenvalue weighted by atomic mass is 10.3. The molecule has 1 aromatic heterocycles. The maximum Gasteiger partial charge on any atom is 0.348 e. The van der Waals surface area contributed by atoms with Crippen LogP contribution in [0.1, 0.15) is 22.2 Å². The molecule has 1 aromatic rings. The van der Waals surface area contributed by atoms with Gasteiger partial charge in [0.2, 0.25) is 0 Å². The lowest BCUT2D eigenvalue weighted by molar-refractivity contribution is 0.0606. The van der Waals surface area contributed by atoms with Gasteiger partial charge in [0.1, 0.15) is 4.88 Å². The number of ether oxygens (including phenoxy) is 1. The normalized spacial score (nSPS) is 10.0. The van der Waals surface area contributed by atoms with Gasteiger partial charge >= 0.3 is 5.97 Å². The van der Waals surface area contributed by atoms with Crippen LogP contribution in [0.3, 0.4) is 0 Å². The molecule has 0 aliphatic heterocycles. The van der Waals surface area contributed by atoms with Crippen molar-refractivity contribution in [3.05, 3.63) is 21.9 Å². The van der Waals surface area contributed by atoms with E-state index in [1.807, 2.05) is 18.4 Å². The lowest BCUT2D eigenvalue weighted by Gasteiger charge is -1.96. The first kappa shape index (κ1) is 10.2. The second kappa shape index (κ2) is 4.99. The molecular weight excluding hydrogens is 186 g/mol. The highest BCUT2D eigenvalue weighted by atomic mass is 32.1. The van der Waals surface area contributed by atoms with Crippen molar-refractivity contribution in [2.45, 2.75) is 13.5 Å². The van der Waals surface area contributed by atoms with Crippen molar-refractivity contribution in [3.63, 3.8) is 0 Å². The standard InChI is InChI=1S/C9H13NO2S/c1-3-10-5-7-4-8(13-6-7)9(11)12-2/h4,6,10H,3,5H2,1-2H3. The number of hydrogen-bond donors (Lipinski definition) is 1. The number of carbonyl (C=O) groups excluding carboxylic acids is 1. The highest BCUT2D eigenvalue weighted by Gasteiger charge is 2.07. The Balaban J connectivity index is 2.58.